The number of carbonyl (C=O) groups is 1. The Morgan fingerprint density at radius 1 is 1.26 bits per heavy atom. The van der Waals surface area contributed by atoms with Crippen LogP contribution in [0, 0.1) is 6.92 Å². The van der Waals surface area contributed by atoms with Crippen LogP contribution in [0.2, 0.25) is 5.15 Å². The van der Waals surface area contributed by atoms with E-state index in [1.54, 1.807) is 16.8 Å². The zero-order valence-corrected chi connectivity index (χ0v) is 18.3. The maximum Gasteiger partial charge on any atom is 0.251 e. The molecule has 0 unspecified atom stereocenters. The number of rotatable bonds is 6. The molecule has 1 saturated carbocycles. The van der Waals surface area contributed by atoms with E-state index in [1.165, 1.54) is 6.42 Å². The van der Waals surface area contributed by atoms with E-state index in [4.69, 9.17) is 16.3 Å². The molecule has 31 heavy (non-hydrogen) atoms. The highest BCUT2D eigenvalue weighted by Gasteiger charge is 2.24. The van der Waals surface area contributed by atoms with Crippen molar-refractivity contribution in [3.8, 4) is 11.3 Å². The number of hydrogen-bond donors (Lipinski definition) is 2. The maximum atomic E-state index is 12.4. The zero-order valence-electron chi connectivity index (χ0n) is 17.5. The van der Waals surface area contributed by atoms with Crippen molar-refractivity contribution in [2.24, 2.45) is 0 Å². The molecule has 0 spiro atoms. The van der Waals surface area contributed by atoms with Crippen LogP contribution in [0.1, 0.15) is 48.0 Å². The fraction of sp³-hybridized carbons (Fsp3) is 0.435. The van der Waals surface area contributed by atoms with E-state index in [-0.39, 0.29) is 12.0 Å². The molecule has 1 aliphatic carbocycles. The summed E-state index contributed by atoms with van der Waals surface area (Å²) in [4.78, 5) is 17.0. The number of carbonyl (C=O) groups excluding carboxylic acids is 1. The van der Waals surface area contributed by atoms with E-state index in [2.05, 4.69) is 20.7 Å². The smallest absolute Gasteiger partial charge is 0.251 e. The van der Waals surface area contributed by atoms with Gasteiger partial charge >= 0.3 is 0 Å². The van der Waals surface area contributed by atoms with Gasteiger partial charge in [-0.3, -0.25) is 4.79 Å². The summed E-state index contributed by atoms with van der Waals surface area (Å²) in [5, 5.41) is 11.3. The molecule has 7 nitrogen and oxygen atoms in total. The number of imidazole rings is 1. The molecule has 2 aromatic heterocycles. The Hall–Kier alpha value is -2.64. The number of aryl methyl sites for hydroxylation is 1. The van der Waals surface area contributed by atoms with Crippen LogP contribution in [0.3, 0.4) is 0 Å². The van der Waals surface area contributed by atoms with Gasteiger partial charge in [0.2, 0.25) is 0 Å². The van der Waals surface area contributed by atoms with Crippen molar-refractivity contribution in [1.29, 1.82) is 0 Å². The second kappa shape index (κ2) is 8.48. The summed E-state index contributed by atoms with van der Waals surface area (Å²) >= 11 is 6.33. The highest BCUT2D eigenvalue weighted by Crippen LogP contribution is 2.28. The van der Waals surface area contributed by atoms with Gasteiger partial charge in [0.25, 0.3) is 5.91 Å². The summed E-state index contributed by atoms with van der Waals surface area (Å²) in [5.41, 5.74) is 4.92. The summed E-state index contributed by atoms with van der Waals surface area (Å²) in [5.74, 6) is -0.0118. The van der Waals surface area contributed by atoms with Crippen molar-refractivity contribution >= 4 is 28.8 Å². The Bertz CT molecular complexity index is 1120. The molecule has 0 radical (unpaired) electrons. The Labute approximate surface area is 186 Å². The molecule has 1 aliphatic heterocycles. The fourth-order valence-electron chi connectivity index (χ4n) is 4.03. The highest BCUT2D eigenvalue weighted by molar-refractivity contribution is 6.29. The van der Waals surface area contributed by atoms with Gasteiger partial charge in [-0.2, -0.15) is 5.10 Å². The number of nitrogens with one attached hydrogen (secondary N) is 2. The lowest BCUT2D eigenvalue weighted by Crippen LogP contribution is -2.27. The van der Waals surface area contributed by atoms with Crippen LogP contribution in [0.5, 0.6) is 0 Å². The number of hydrogen-bond acceptors (Lipinski definition) is 5. The van der Waals surface area contributed by atoms with E-state index in [9.17, 15) is 4.79 Å². The van der Waals surface area contributed by atoms with Crippen molar-refractivity contribution in [2.45, 2.75) is 51.2 Å². The standard InChI is InChI=1S/C23H26ClN5O2/c1-14-10-15(5-8-18(14)23(30)27-16-6-7-16)20-13-26-22-19(11-21(24)28-29(20)22)25-12-17-4-2-3-9-31-17/h5,8,10-11,13,16-17,25H,2-4,6-7,9,12H2,1H3,(H,27,30)/t17-/m1/s1. The summed E-state index contributed by atoms with van der Waals surface area (Å²) in [6, 6.07) is 7.93. The Morgan fingerprint density at radius 3 is 2.87 bits per heavy atom. The molecular weight excluding hydrogens is 414 g/mol. The Balaban J connectivity index is 1.41. The first-order chi connectivity index (χ1) is 15.1. The van der Waals surface area contributed by atoms with Crippen molar-refractivity contribution in [1.82, 2.24) is 19.9 Å². The second-order valence-corrected chi connectivity index (χ2v) is 8.79. The van der Waals surface area contributed by atoms with Crippen molar-refractivity contribution in [3.63, 3.8) is 0 Å². The van der Waals surface area contributed by atoms with Crippen molar-refractivity contribution in [3.05, 3.63) is 46.7 Å². The predicted molar refractivity (Wildman–Crippen MR) is 121 cm³/mol. The van der Waals surface area contributed by atoms with E-state index in [0.717, 1.165) is 54.8 Å². The number of fused-ring (bicyclic) bond motifs is 1. The van der Waals surface area contributed by atoms with Crippen molar-refractivity contribution in [2.75, 3.05) is 18.5 Å². The number of aromatic nitrogens is 3. The predicted octanol–water partition coefficient (Wildman–Crippen LogP) is 4.23. The number of amides is 1. The lowest BCUT2D eigenvalue weighted by atomic mass is 10.0. The van der Waals surface area contributed by atoms with Crippen LogP contribution < -0.4 is 10.6 Å². The lowest BCUT2D eigenvalue weighted by molar-refractivity contribution is 0.0248. The molecular formula is C23H26ClN5O2. The molecule has 1 aromatic carbocycles. The summed E-state index contributed by atoms with van der Waals surface area (Å²) in [6.45, 7) is 3.48. The second-order valence-electron chi connectivity index (χ2n) is 8.41. The van der Waals surface area contributed by atoms with Crippen LogP contribution >= 0.6 is 11.6 Å². The number of halogens is 1. The first kappa shape index (κ1) is 20.3. The summed E-state index contributed by atoms with van der Waals surface area (Å²) in [7, 11) is 0. The highest BCUT2D eigenvalue weighted by atomic mass is 35.5. The maximum absolute atomic E-state index is 12.4. The molecule has 5 rings (SSSR count). The van der Waals surface area contributed by atoms with Gasteiger partial charge < -0.3 is 15.4 Å². The zero-order chi connectivity index (χ0) is 21.4. The van der Waals surface area contributed by atoms with Crippen molar-refractivity contribution < 1.29 is 9.53 Å². The van der Waals surface area contributed by atoms with Gasteiger partial charge in [0.15, 0.2) is 10.8 Å². The van der Waals surface area contributed by atoms with Gasteiger partial charge in [0.1, 0.15) is 0 Å². The van der Waals surface area contributed by atoms with Gasteiger partial charge in [0, 0.05) is 36.4 Å². The largest absolute Gasteiger partial charge is 0.379 e. The summed E-state index contributed by atoms with van der Waals surface area (Å²) < 4.78 is 7.57. The molecule has 2 N–H and O–H groups in total. The first-order valence-corrected chi connectivity index (χ1v) is 11.3. The van der Waals surface area contributed by atoms with Crippen LogP contribution in [-0.4, -0.2) is 45.8 Å². The normalized spacial score (nSPS) is 18.8. The van der Waals surface area contributed by atoms with E-state index in [1.807, 2.05) is 25.1 Å². The third-order valence-electron chi connectivity index (χ3n) is 5.91. The minimum absolute atomic E-state index is 0.0118. The van der Waals surface area contributed by atoms with Gasteiger partial charge in [0.05, 0.1) is 23.7 Å². The lowest BCUT2D eigenvalue weighted by Gasteiger charge is -2.23. The average Bonchev–Trinajstić information content (AvgIpc) is 3.48. The fourth-order valence-corrected chi connectivity index (χ4v) is 4.21. The number of ether oxygens (including phenoxy) is 1. The van der Waals surface area contributed by atoms with Gasteiger partial charge in [-0.25, -0.2) is 9.50 Å². The molecule has 1 saturated heterocycles. The third-order valence-corrected chi connectivity index (χ3v) is 6.10. The average molecular weight is 440 g/mol. The Kier molecular flexibility index (Phi) is 5.54. The first-order valence-electron chi connectivity index (χ1n) is 10.9. The SMILES string of the molecule is Cc1cc(-c2cnc3c(NC[C@H]4CCCCO4)cc(Cl)nn23)ccc1C(=O)NC1CC1. The number of nitrogens with zero attached hydrogens (tertiary/aromatic N) is 3. The molecule has 3 heterocycles. The molecule has 3 aromatic rings. The monoisotopic (exact) mass is 439 g/mol. The third kappa shape index (κ3) is 4.38. The minimum Gasteiger partial charge on any atom is -0.379 e. The van der Waals surface area contributed by atoms with Crippen LogP contribution in [0.25, 0.3) is 16.9 Å². The molecule has 162 valence electrons. The van der Waals surface area contributed by atoms with E-state index >= 15 is 0 Å². The number of anilines is 1. The molecule has 8 heteroatoms. The van der Waals surface area contributed by atoms with E-state index < -0.39 is 0 Å². The quantitative estimate of drug-likeness (QED) is 0.600. The van der Waals surface area contributed by atoms with Gasteiger partial charge in [-0.05, 0) is 56.7 Å². The Morgan fingerprint density at radius 2 is 2.13 bits per heavy atom. The summed E-state index contributed by atoms with van der Waals surface area (Å²) in [6.07, 6.45) is 7.51. The molecule has 2 aliphatic rings. The van der Waals surface area contributed by atoms with Gasteiger partial charge in [-0.15, -0.1) is 0 Å². The van der Waals surface area contributed by atoms with E-state index in [0.29, 0.717) is 29.0 Å². The molecule has 1 atom stereocenters. The topological polar surface area (TPSA) is 80.6 Å². The minimum atomic E-state index is -0.0118. The molecule has 1 amide bonds. The molecule has 0 bridgehead atoms. The van der Waals surface area contributed by atoms with Gasteiger partial charge in [-0.1, -0.05) is 17.7 Å². The van der Waals surface area contributed by atoms with Crippen LogP contribution in [0.15, 0.2) is 30.5 Å². The van der Waals surface area contributed by atoms with Crippen LogP contribution in [-0.2, 0) is 4.74 Å². The van der Waals surface area contributed by atoms with Crippen LogP contribution in [0.4, 0.5) is 5.69 Å². The number of benzene rings is 1. The molecule has 2 fully saturated rings.